The number of fused-ring (bicyclic) bond motifs is 1. The van der Waals surface area contributed by atoms with Crippen LogP contribution in [0.4, 0.5) is 0 Å². The first-order chi connectivity index (χ1) is 7.74. The summed E-state index contributed by atoms with van der Waals surface area (Å²) in [6.07, 6.45) is 6.45. The number of hydrogen-bond donors (Lipinski definition) is 1. The lowest BCUT2D eigenvalue weighted by atomic mass is 9.87. The molecule has 1 heterocycles. The van der Waals surface area contributed by atoms with Crippen LogP contribution in [0.25, 0.3) is 0 Å². The molecule has 2 amide bonds. The van der Waals surface area contributed by atoms with Gasteiger partial charge in [-0.15, -0.1) is 0 Å². The van der Waals surface area contributed by atoms with Crippen LogP contribution in [0.15, 0.2) is 0 Å². The van der Waals surface area contributed by atoms with Crippen LogP contribution in [0, 0.1) is 0 Å². The molecule has 1 saturated heterocycles. The molecule has 16 heavy (non-hydrogen) atoms. The minimum atomic E-state index is -0.403. The highest BCUT2D eigenvalue weighted by Crippen LogP contribution is 2.26. The second-order valence-electron chi connectivity index (χ2n) is 4.78. The quantitative estimate of drug-likeness (QED) is 0.729. The van der Waals surface area contributed by atoms with Crippen LogP contribution in [0.2, 0.25) is 0 Å². The van der Waals surface area contributed by atoms with Crippen molar-refractivity contribution in [3.63, 3.8) is 0 Å². The Morgan fingerprint density at radius 1 is 1.31 bits per heavy atom. The molecule has 0 aromatic carbocycles. The fraction of sp³-hybridized carbons (Fsp3) is 0.833. The van der Waals surface area contributed by atoms with Crippen molar-refractivity contribution in [2.24, 2.45) is 0 Å². The van der Waals surface area contributed by atoms with E-state index in [2.05, 4.69) is 12.2 Å². The van der Waals surface area contributed by atoms with Gasteiger partial charge >= 0.3 is 11.8 Å². The number of piperazine rings is 1. The molecular weight excluding hydrogens is 204 g/mol. The van der Waals surface area contributed by atoms with Crippen molar-refractivity contribution in [2.75, 3.05) is 6.54 Å². The molecule has 0 bridgehead atoms. The molecule has 1 N–H and O–H groups in total. The van der Waals surface area contributed by atoms with Crippen LogP contribution in [0.3, 0.4) is 0 Å². The highest BCUT2D eigenvalue weighted by atomic mass is 16.2. The van der Waals surface area contributed by atoms with Gasteiger partial charge in [-0.25, -0.2) is 0 Å². The molecule has 0 spiro atoms. The molecule has 0 aromatic heterocycles. The number of carbonyl (C=O) groups is 2. The zero-order valence-corrected chi connectivity index (χ0v) is 9.87. The van der Waals surface area contributed by atoms with E-state index < -0.39 is 5.91 Å². The molecule has 1 aliphatic carbocycles. The van der Waals surface area contributed by atoms with Crippen molar-refractivity contribution >= 4 is 11.8 Å². The number of hydrogen-bond acceptors (Lipinski definition) is 2. The third-order valence-corrected chi connectivity index (χ3v) is 3.65. The van der Waals surface area contributed by atoms with Gasteiger partial charge in [0, 0.05) is 12.6 Å². The molecular formula is C12H20N2O2. The average Bonchev–Trinajstić information content (AvgIpc) is 2.30. The number of nitrogens with one attached hydrogen (secondary N) is 1. The summed E-state index contributed by atoms with van der Waals surface area (Å²) < 4.78 is 0. The first kappa shape index (κ1) is 11.4. The van der Waals surface area contributed by atoms with E-state index in [4.69, 9.17) is 0 Å². The van der Waals surface area contributed by atoms with E-state index in [-0.39, 0.29) is 18.0 Å². The van der Waals surface area contributed by atoms with Crippen molar-refractivity contribution in [2.45, 2.75) is 57.5 Å². The Kier molecular flexibility index (Phi) is 3.46. The molecule has 90 valence electrons. The summed E-state index contributed by atoms with van der Waals surface area (Å²) in [5, 5.41) is 2.84. The van der Waals surface area contributed by atoms with E-state index in [0.717, 1.165) is 38.6 Å². The molecule has 1 aliphatic heterocycles. The van der Waals surface area contributed by atoms with Gasteiger partial charge in [-0.1, -0.05) is 26.2 Å². The topological polar surface area (TPSA) is 49.4 Å². The largest absolute Gasteiger partial charge is 0.343 e. The Labute approximate surface area is 96.4 Å². The molecule has 2 fully saturated rings. The molecule has 0 radical (unpaired) electrons. The van der Waals surface area contributed by atoms with Crippen LogP contribution in [0.5, 0.6) is 0 Å². The summed E-state index contributed by atoms with van der Waals surface area (Å²) in [4.78, 5) is 25.1. The predicted molar refractivity (Wildman–Crippen MR) is 60.8 cm³/mol. The van der Waals surface area contributed by atoms with Crippen molar-refractivity contribution in [1.29, 1.82) is 0 Å². The van der Waals surface area contributed by atoms with Gasteiger partial charge in [-0.3, -0.25) is 9.59 Å². The smallest absolute Gasteiger partial charge is 0.312 e. The highest BCUT2D eigenvalue weighted by molar-refractivity contribution is 6.35. The standard InChI is InChI=1S/C12H20N2O2/c1-2-3-8-14-10-7-5-4-6-9(10)13-11(15)12(14)16/h9-10H,2-8H2,1H3,(H,13,15). The van der Waals surface area contributed by atoms with Crippen molar-refractivity contribution in [3.8, 4) is 0 Å². The van der Waals surface area contributed by atoms with E-state index in [9.17, 15) is 9.59 Å². The summed E-state index contributed by atoms with van der Waals surface area (Å²) in [5.41, 5.74) is 0. The van der Waals surface area contributed by atoms with E-state index in [1.165, 1.54) is 6.42 Å². The summed E-state index contributed by atoms with van der Waals surface area (Å²) in [6, 6.07) is 0.460. The van der Waals surface area contributed by atoms with E-state index in [1.54, 1.807) is 0 Å². The Hall–Kier alpha value is -1.06. The van der Waals surface area contributed by atoms with Crippen LogP contribution < -0.4 is 5.32 Å². The lowest BCUT2D eigenvalue weighted by Crippen LogP contribution is -2.64. The van der Waals surface area contributed by atoms with Crippen LogP contribution in [-0.2, 0) is 9.59 Å². The maximum atomic E-state index is 11.8. The molecule has 4 nitrogen and oxygen atoms in total. The molecule has 2 rings (SSSR count). The Balaban J connectivity index is 2.09. The lowest BCUT2D eigenvalue weighted by molar-refractivity contribution is -0.153. The maximum absolute atomic E-state index is 11.8. The first-order valence-electron chi connectivity index (χ1n) is 6.35. The van der Waals surface area contributed by atoms with Crippen LogP contribution in [0.1, 0.15) is 45.4 Å². The maximum Gasteiger partial charge on any atom is 0.312 e. The third-order valence-electron chi connectivity index (χ3n) is 3.65. The number of nitrogens with zero attached hydrogens (tertiary/aromatic N) is 1. The Bertz CT molecular complexity index is 291. The van der Waals surface area contributed by atoms with Gasteiger partial charge in [0.25, 0.3) is 0 Å². The van der Waals surface area contributed by atoms with Crippen LogP contribution >= 0.6 is 0 Å². The average molecular weight is 224 g/mol. The monoisotopic (exact) mass is 224 g/mol. The summed E-state index contributed by atoms with van der Waals surface area (Å²) in [6.45, 7) is 2.84. The second-order valence-corrected chi connectivity index (χ2v) is 4.78. The SMILES string of the molecule is CCCCN1C(=O)C(=O)NC2CCCCC21. The Morgan fingerprint density at radius 2 is 2.06 bits per heavy atom. The summed E-state index contributed by atoms with van der Waals surface area (Å²) in [5.74, 6) is -0.726. The zero-order valence-electron chi connectivity index (χ0n) is 9.87. The van der Waals surface area contributed by atoms with Gasteiger partial charge in [0.15, 0.2) is 0 Å². The minimum Gasteiger partial charge on any atom is -0.343 e. The predicted octanol–water partition coefficient (Wildman–Crippen LogP) is 1.06. The van der Waals surface area contributed by atoms with Gasteiger partial charge in [0.1, 0.15) is 0 Å². The fourth-order valence-corrected chi connectivity index (χ4v) is 2.76. The van der Waals surface area contributed by atoms with Gasteiger partial charge in [0.2, 0.25) is 0 Å². The normalized spacial score (nSPS) is 29.9. The molecule has 2 aliphatic rings. The van der Waals surface area contributed by atoms with Gasteiger partial charge in [-0.2, -0.15) is 0 Å². The van der Waals surface area contributed by atoms with Gasteiger partial charge in [-0.05, 0) is 19.3 Å². The second kappa shape index (κ2) is 4.85. The molecule has 1 saturated carbocycles. The lowest BCUT2D eigenvalue weighted by Gasteiger charge is -2.43. The molecule has 0 aromatic rings. The van der Waals surface area contributed by atoms with Crippen molar-refractivity contribution in [3.05, 3.63) is 0 Å². The van der Waals surface area contributed by atoms with Crippen LogP contribution in [-0.4, -0.2) is 35.3 Å². The summed E-state index contributed by atoms with van der Waals surface area (Å²) in [7, 11) is 0. The molecule has 2 unspecified atom stereocenters. The third kappa shape index (κ3) is 2.06. The highest BCUT2D eigenvalue weighted by Gasteiger charge is 2.40. The summed E-state index contributed by atoms with van der Waals surface area (Å²) >= 11 is 0. The van der Waals surface area contributed by atoms with E-state index >= 15 is 0 Å². The van der Waals surface area contributed by atoms with Crippen molar-refractivity contribution < 1.29 is 9.59 Å². The first-order valence-corrected chi connectivity index (χ1v) is 6.35. The van der Waals surface area contributed by atoms with Gasteiger partial charge in [0.05, 0.1) is 6.04 Å². The number of amides is 2. The number of rotatable bonds is 3. The number of unbranched alkanes of at least 4 members (excludes halogenated alkanes) is 1. The van der Waals surface area contributed by atoms with Gasteiger partial charge < -0.3 is 10.2 Å². The fourth-order valence-electron chi connectivity index (χ4n) is 2.76. The number of carbonyl (C=O) groups excluding carboxylic acids is 2. The Morgan fingerprint density at radius 3 is 2.81 bits per heavy atom. The molecule has 2 atom stereocenters. The molecule has 4 heteroatoms. The zero-order chi connectivity index (χ0) is 11.5. The minimum absolute atomic E-state index is 0.204. The van der Waals surface area contributed by atoms with E-state index in [0.29, 0.717) is 0 Å². The van der Waals surface area contributed by atoms with Crippen molar-refractivity contribution in [1.82, 2.24) is 10.2 Å². The van der Waals surface area contributed by atoms with E-state index in [1.807, 2.05) is 4.90 Å².